The van der Waals surface area contributed by atoms with Gasteiger partial charge in [0, 0.05) is 12.7 Å². The van der Waals surface area contributed by atoms with Gasteiger partial charge < -0.3 is 20.1 Å². The van der Waals surface area contributed by atoms with Gasteiger partial charge in [-0.3, -0.25) is 4.68 Å². The van der Waals surface area contributed by atoms with Crippen molar-refractivity contribution in [2.45, 2.75) is 0 Å². The van der Waals surface area contributed by atoms with E-state index in [1.807, 2.05) is 37.4 Å². The van der Waals surface area contributed by atoms with Crippen LogP contribution < -0.4 is 20.1 Å². The molecule has 29 heavy (non-hydrogen) atoms. The number of nitrogens with one attached hydrogen (secondary N) is 2. The molecule has 0 atom stereocenters. The summed E-state index contributed by atoms with van der Waals surface area (Å²) in [5, 5.41) is 12.1. The molecule has 0 fully saturated rings. The zero-order chi connectivity index (χ0) is 20.4. The predicted molar refractivity (Wildman–Crippen MR) is 114 cm³/mol. The largest absolute Gasteiger partial charge is 0.495 e. The lowest BCUT2D eigenvalue weighted by Gasteiger charge is -2.13. The maximum absolute atomic E-state index is 6.25. The fraction of sp³-hybridized carbons (Fsp3) is 0.150. The molecule has 0 bridgehead atoms. The van der Waals surface area contributed by atoms with Crippen molar-refractivity contribution in [3.63, 3.8) is 0 Å². The lowest BCUT2D eigenvalue weighted by atomic mass is 10.3. The van der Waals surface area contributed by atoms with Crippen LogP contribution in [0.25, 0.3) is 11.0 Å². The molecule has 4 aromatic rings. The number of aromatic nitrogens is 4. The fourth-order valence-electron chi connectivity index (χ4n) is 2.92. The van der Waals surface area contributed by atoms with Crippen LogP contribution in [0.15, 0.2) is 48.7 Å². The van der Waals surface area contributed by atoms with Crippen LogP contribution in [-0.2, 0) is 7.05 Å². The number of anilines is 4. The minimum atomic E-state index is 0.410. The average molecular weight is 411 g/mol. The van der Waals surface area contributed by atoms with Crippen LogP contribution in [0, 0.1) is 0 Å². The highest BCUT2D eigenvalue weighted by Gasteiger charge is 2.14. The van der Waals surface area contributed by atoms with Crippen molar-refractivity contribution in [2.24, 2.45) is 7.05 Å². The highest BCUT2D eigenvalue weighted by Crippen LogP contribution is 2.32. The number of ether oxygens (including phenoxy) is 2. The van der Waals surface area contributed by atoms with E-state index in [-0.39, 0.29) is 0 Å². The highest BCUT2D eigenvalue weighted by atomic mass is 35.5. The van der Waals surface area contributed by atoms with Gasteiger partial charge in [-0.15, -0.1) is 0 Å². The van der Waals surface area contributed by atoms with Gasteiger partial charge in [-0.05, 0) is 30.3 Å². The second-order valence-corrected chi connectivity index (χ2v) is 6.61. The summed E-state index contributed by atoms with van der Waals surface area (Å²) in [7, 11) is 5.02. The van der Waals surface area contributed by atoms with Crippen LogP contribution in [0.2, 0.25) is 5.02 Å². The number of nitrogens with zero attached hydrogens (tertiary/aromatic N) is 4. The minimum absolute atomic E-state index is 0.410. The van der Waals surface area contributed by atoms with Crippen LogP contribution in [0.4, 0.5) is 23.1 Å². The topological polar surface area (TPSA) is 86.1 Å². The van der Waals surface area contributed by atoms with E-state index in [4.69, 9.17) is 21.1 Å². The Labute approximate surface area is 172 Å². The van der Waals surface area contributed by atoms with E-state index in [1.54, 1.807) is 37.2 Å². The lowest BCUT2D eigenvalue weighted by molar-refractivity contribution is 0.415. The van der Waals surface area contributed by atoms with Crippen LogP contribution in [0.3, 0.4) is 0 Å². The van der Waals surface area contributed by atoms with E-state index in [0.29, 0.717) is 33.9 Å². The summed E-state index contributed by atoms with van der Waals surface area (Å²) in [6.07, 6.45) is 1.72. The van der Waals surface area contributed by atoms with Gasteiger partial charge in [-0.1, -0.05) is 23.7 Å². The maximum atomic E-state index is 6.25. The van der Waals surface area contributed by atoms with Gasteiger partial charge in [0.05, 0.1) is 36.5 Å². The van der Waals surface area contributed by atoms with Crippen molar-refractivity contribution in [3.8, 4) is 11.5 Å². The Morgan fingerprint density at radius 2 is 1.76 bits per heavy atom. The second-order valence-electron chi connectivity index (χ2n) is 6.20. The monoisotopic (exact) mass is 410 g/mol. The first kappa shape index (κ1) is 18.8. The minimum Gasteiger partial charge on any atom is -0.495 e. The summed E-state index contributed by atoms with van der Waals surface area (Å²) in [5.74, 6) is 2.30. The SMILES string of the molecule is COc1ccc(Nc2nc(Nc3ccccc3OC)nc3c2cnn3C)cc1Cl. The lowest BCUT2D eigenvalue weighted by Crippen LogP contribution is -2.04. The standard InChI is InChI=1S/C20H19ClN6O2/c1-27-19-13(11-22-27)18(23-12-8-9-16(28-2)14(21)10-12)25-20(26-19)24-15-6-4-5-7-17(15)29-3/h4-11H,1-3H3,(H2,23,24,25,26). The Morgan fingerprint density at radius 3 is 2.52 bits per heavy atom. The third-order valence-corrected chi connectivity index (χ3v) is 4.66. The Bertz CT molecular complexity index is 1180. The highest BCUT2D eigenvalue weighted by molar-refractivity contribution is 6.32. The van der Waals surface area contributed by atoms with Gasteiger partial charge >= 0.3 is 0 Å². The van der Waals surface area contributed by atoms with Gasteiger partial charge in [-0.25, -0.2) is 0 Å². The summed E-state index contributed by atoms with van der Waals surface area (Å²) in [4.78, 5) is 9.23. The number of methoxy groups -OCH3 is 2. The van der Waals surface area contributed by atoms with Crippen LogP contribution in [0.1, 0.15) is 0 Å². The summed E-state index contributed by atoms with van der Waals surface area (Å²) >= 11 is 6.25. The second kappa shape index (κ2) is 7.84. The number of aryl methyl sites for hydroxylation is 1. The molecule has 0 amide bonds. The third-order valence-electron chi connectivity index (χ3n) is 4.36. The molecule has 2 aromatic heterocycles. The Morgan fingerprint density at radius 1 is 0.966 bits per heavy atom. The summed E-state index contributed by atoms with van der Waals surface area (Å²) in [6.45, 7) is 0. The van der Waals surface area contributed by atoms with Crippen molar-refractivity contribution >= 4 is 45.8 Å². The molecular weight excluding hydrogens is 392 g/mol. The molecule has 8 nitrogen and oxygen atoms in total. The third kappa shape index (κ3) is 3.74. The number of benzene rings is 2. The molecule has 2 N–H and O–H groups in total. The molecule has 0 saturated heterocycles. The molecule has 2 aromatic carbocycles. The van der Waals surface area contributed by atoms with E-state index in [0.717, 1.165) is 16.8 Å². The Hall–Kier alpha value is -3.52. The van der Waals surface area contributed by atoms with Crippen molar-refractivity contribution in [1.82, 2.24) is 19.7 Å². The first-order chi connectivity index (χ1) is 14.1. The summed E-state index contributed by atoms with van der Waals surface area (Å²) in [5.41, 5.74) is 2.21. The smallest absolute Gasteiger partial charge is 0.231 e. The van der Waals surface area contributed by atoms with Crippen LogP contribution in [-0.4, -0.2) is 34.0 Å². The van der Waals surface area contributed by atoms with Gasteiger partial charge in [0.15, 0.2) is 5.65 Å². The number of rotatable bonds is 6. The Kier molecular flexibility index (Phi) is 5.09. The molecule has 0 aliphatic rings. The van der Waals surface area contributed by atoms with Crippen molar-refractivity contribution in [1.29, 1.82) is 0 Å². The Balaban J connectivity index is 1.74. The zero-order valence-corrected chi connectivity index (χ0v) is 16.9. The normalized spacial score (nSPS) is 10.8. The first-order valence-electron chi connectivity index (χ1n) is 8.79. The molecule has 0 aliphatic carbocycles. The summed E-state index contributed by atoms with van der Waals surface area (Å²) in [6, 6.07) is 13.0. The van der Waals surface area contributed by atoms with Gasteiger partial charge in [-0.2, -0.15) is 15.1 Å². The molecule has 0 spiro atoms. The number of hydrogen-bond acceptors (Lipinski definition) is 7. The van der Waals surface area contributed by atoms with Crippen LogP contribution in [0.5, 0.6) is 11.5 Å². The number of para-hydroxylation sites is 2. The molecule has 0 radical (unpaired) electrons. The van der Waals surface area contributed by atoms with E-state index < -0.39 is 0 Å². The van der Waals surface area contributed by atoms with Gasteiger partial charge in [0.1, 0.15) is 17.3 Å². The molecule has 0 saturated carbocycles. The van der Waals surface area contributed by atoms with E-state index in [9.17, 15) is 0 Å². The molecular formula is C20H19ClN6O2. The van der Waals surface area contributed by atoms with Crippen molar-refractivity contribution in [3.05, 3.63) is 53.7 Å². The van der Waals surface area contributed by atoms with Crippen LogP contribution >= 0.6 is 11.6 Å². The molecule has 9 heteroatoms. The van der Waals surface area contributed by atoms with Gasteiger partial charge in [0.25, 0.3) is 0 Å². The number of fused-ring (bicyclic) bond motifs is 1. The van der Waals surface area contributed by atoms with E-state index in [1.165, 1.54) is 0 Å². The first-order valence-corrected chi connectivity index (χ1v) is 9.17. The molecule has 0 aliphatic heterocycles. The maximum Gasteiger partial charge on any atom is 0.231 e. The van der Waals surface area contributed by atoms with E-state index in [2.05, 4.69) is 25.7 Å². The van der Waals surface area contributed by atoms with Crippen molar-refractivity contribution in [2.75, 3.05) is 24.9 Å². The number of halogens is 1. The number of hydrogen-bond donors (Lipinski definition) is 2. The van der Waals surface area contributed by atoms with Crippen molar-refractivity contribution < 1.29 is 9.47 Å². The molecule has 0 unspecified atom stereocenters. The van der Waals surface area contributed by atoms with Gasteiger partial charge in [0.2, 0.25) is 5.95 Å². The zero-order valence-electron chi connectivity index (χ0n) is 16.1. The fourth-order valence-corrected chi connectivity index (χ4v) is 3.18. The predicted octanol–water partition coefficient (Wildman–Crippen LogP) is 4.52. The summed E-state index contributed by atoms with van der Waals surface area (Å²) < 4.78 is 12.3. The van der Waals surface area contributed by atoms with E-state index >= 15 is 0 Å². The quantitative estimate of drug-likeness (QED) is 0.483. The molecule has 2 heterocycles. The molecule has 4 rings (SSSR count). The molecule has 148 valence electrons. The average Bonchev–Trinajstić information content (AvgIpc) is 3.10.